The third-order valence-electron chi connectivity index (χ3n) is 7.72. The van der Waals surface area contributed by atoms with Gasteiger partial charge in [-0.25, -0.2) is 18.5 Å². The topological polar surface area (TPSA) is 158 Å². The minimum absolute atomic E-state index is 0.165. The van der Waals surface area contributed by atoms with E-state index in [1.165, 1.54) is 42.0 Å². The zero-order valence-electron chi connectivity index (χ0n) is 24.1. The second-order valence-electron chi connectivity index (χ2n) is 10.6. The molecule has 0 bridgehead atoms. The Balaban J connectivity index is 1.40. The number of para-hydroxylation sites is 1. The number of carbonyl (C=O) groups is 3. The van der Waals surface area contributed by atoms with E-state index in [0.29, 0.717) is 16.2 Å². The summed E-state index contributed by atoms with van der Waals surface area (Å²) in [6, 6.07) is 15.7. The highest BCUT2D eigenvalue weighted by atomic mass is 32.2. The van der Waals surface area contributed by atoms with Crippen molar-refractivity contribution in [2.75, 3.05) is 17.3 Å². The summed E-state index contributed by atoms with van der Waals surface area (Å²) >= 11 is 1.68. The number of nitrogens with one attached hydrogen (secondary N) is 1. The number of fused-ring (bicyclic) bond motifs is 2. The number of nitrogens with zero attached hydrogens (tertiary/aromatic N) is 2. The number of ether oxygens (including phenoxy) is 1. The largest absolute Gasteiger partial charge is 0.496 e. The number of thiazole rings is 1. The van der Waals surface area contributed by atoms with Crippen molar-refractivity contribution in [3.8, 4) is 5.75 Å². The molecule has 0 saturated carbocycles. The molecule has 11 nitrogen and oxygen atoms in total. The molecule has 4 aromatic rings. The van der Waals surface area contributed by atoms with Gasteiger partial charge in [0.2, 0.25) is 27.7 Å². The molecule has 244 valence electrons. The van der Waals surface area contributed by atoms with Gasteiger partial charge in [-0.2, -0.15) is 13.2 Å². The molecule has 2 aliphatic heterocycles. The summed E-state index contributed by atoms with van der Waals surface area (Å²) in [5.74, 6) is -3.80. The molecule has 3 N–H and O–H groups in total. The summed E-state index contributed by atoms with van der Waals surface area (Å²) in [6.45, 7) is -0.496. The first kappa shape index (κ1) is 32.5. The second kappa shape index (κ2) is 12.0. The molecular weight excluding hydrogens is 682 g/mol. The zero-order chi connectivity index (χ0) is 33.8. The van der Waals surface area contributed by atoms with Crippen molar-refractivity contribution >= 4 is 62.2 Å². The number of sulfonamides is 1. The number of thioether (sulfide) groups is 1. The Morgan fingerprint density at radius 2 is 1.70 bits per heavy atom. The number of imide groups is 1. The summed E-state index contributed by atoms with van der Waals surface area (Å²) < 4.78 is 70.4. The van der Waals surface area contributed by atoms with Gasteiger partial charge in [-0.1, -0.05) is 47.4 Å². The number of halogens is 3. The average Bonchev–Trinajstić information content (AvgIpc) is 3.46. The number of benzene rings is 3. The highest BCUT2D eigenvalue weighted by Crippen LogP contribution is 2.55. The van der Waals surface area contributed by atoms with Crippen molar-refractivity contribution in [2.24, 2.45) is 11.1 Å². The van der Waals surface area contributed by atoms with E-state index in [4.69, 9.17) is 9.88 Å². The van der Waals surface area contributed by atoms with Crippen LogP contribution in [0.2, 0.25) is 0 Å². The number of hydrogen-bond donors (Lipinski definition) is 2. The standard InChI is InChI=1S/C30H23F3N4O7S3/c1-44-20-8-3-2-7-19(20)22-23-24(27(40)37(26(23)39)17-6-4-5-15(13-17)30(31,32)33)45-28-25(22)46-29(41)36(28)14-21(38)35-16-9-11-18(12-10-16)47(34,42)43/h2-13,22-24H,14H2,1H3,(H,35,38)(H2,34,42,43)/t22-,23?,24?/m1/s1. The molecule has 2 unspecified atom stereocenters. The highest BCUT2D eigenvalue weighted by molar-refractivity contribution is 8.00. The van der Waals surface area contributed by atoms with Crippen molar-refractivity contribution in [3.05, 3.63) is 98.5 Å². The fraction of sp³-hybridized carbons (Fsp3) is 0.200. The lowest BCUT2D eigenvalue weighted by Gasteiger charge is -2.31. The van der Waals surface area contributed by atoms with Crippen molar-refractivity contribution < 1.29 is 40.7 Å². The van der Waals surface area contributed by atoms with E-state index in [9.17, 15) is 40.8 Å². The monoisotopic (exact) mass is 704 g/mol. The fourth-order valence-corrected chi connectivity index (χ4v) is 8.94. The van der Waals surface area contributed by atoms with Gasteiger partial charge in [0, 0.05) is 22.0 Å². The minimum atomic E-state index is -4.71. The quantitative estimate of drug-likeness (QED) is 0.273. The number of methoxy groups -OCH3 is 1. The van der Waals surface area contributed by atoms with Crippen LogP contribution in [0.3, 0.4) is 0 Å². The van der Waals surface area contributed by atoms with Crippen LogP contribution in [-0.4, -0.2) is 43.1 Å². The molecule has 1 aromatic heterocycles. The van der Waals surface area contributed by atoms with Gasteiger partial charge in [0.05, 0.1) is 34.2 Å². The normalized spacial score (nSPS) is 19.3. The first-order chi connectivity index (χ1) is 22.2. The third-order valence-corrected chi connectivity index (χ3v) is 11.3. The number of anilines is 2. The summed E-state index contributed by atoms with van der Waals surface area (Å²) in [5.41, 5.74) is -0.561. The maximum Gasteiger partial charge on any atom is 0.416 e. The van der Waals surface area contributed by atoms with Crippen LogP contribution in [0.4, 0.5) is 24.5 Å². The molecular formula is C30H23F3N4O7S3. The second-order valence-corrected chi connectivity index (χ2v) is 14.3. The molecule has 2 aliphatic rings. The molecule has 1 fully saturated rings. The Kier molecular flexibility index (Phi) is 8.27. The van der Waals surface area contributed by atoms with Crippen LogP contribution in [0.1, 0.15) is 21.9 Å². The molecule has 0 spiro atoms. The van der Waals surface area contributed by atoms with E-state index in [-0.39, 0.29) is 21.3 Å². The van der Waals surface area contributed by atoms with Crippen molar-refractivity contribution in [3.63, 3.8) is 0 Å². The SMILES string of the molecule is COc1ccccc1[C@H]1c2sc(=O)n(CC(=O)Nc3ccc(S(N)(=O)=O)cc3)c2SC2C(=O)N(c3cccc(C(F)(F)F)c3)C(=O)C21. The zero-order valence-corrected chi connectivity index (χ0v) is 26.5. The van der Waals surface area contributed by atoms with Gasteiger partial charge in [-0.15, -0.1) is 0 Å². The molecule has 17 heteroatoms. The van der Waals surface area contributed by atoms with Gasteiger partial charge >= 0.3 is 11.0 Å². The van der Waals surface area contributed by atoms with Gasteiger partial charge < -0.3 is 10.1 Å². The Labute approximate surface area is 273 Å². The smallest absolute Gasteiger partial charge is 0.416 e. The lowest BCUT2D eigenvalue weighted by molar-refractivity contribution is -0.137. The minimum Gasteiger partial charge on any atom is -0.496 e. The van der Waals surface area contributed by atoms with Gasteiger partial charge in [0.1, 0.15) is 17.5 Å². The van der Waals surface area contributed by atoms with Gasteiger partial charge in [0.15, 0.2) is 0 Å². The van der Waals surface area contributed by atoms with Crippen LogP contribution in [0.25, 0.3) is 0 Å². The maximum absolute atomic E-state index is 14.0. The van der Waals surface area contributed by atoms with Crippen LogP contribution >= 0.6 is 23.1 Å². The first-order valence-corrected chi connectivity index (χ1v) is 16.9. The molecule has 0 radical (unpaired) electrons. The number of aromatic nitrogens is 1. The molecule has 1 saturated heterocycles. The lowest BCUT2D eigenvalue weighted by Crippen LogP contribution is -2.33. The number of nitrogens with two attached hydrogens (primary N) is 1. The van der Waals surface area contributed by atoms with Crippen LogP contribution in [0.5, 0.6) is 5.75 Å². The van der Waals surface area contributed by atoms with E-state index in [2.05, 4.69) is 5.32 Å². The third kappa shape index (κ3) is 5.95. The van der Waals surface area contributed by atoms with Gasteiger partial charge in [0.25, 0.3) is 0 Å². The number of rotatable bonds is 7. The van der Waals surface area contributed by atoms with E-state index in [0.717, 1.165) is 46.2 Å². The molecule has 3 amide bonds. The molecule has 3 heterocycles. The summed E-state index contributed by atoms with van der Waals surface area (Å²) in [5, 5.41) is 6.81. The average molecular weight is 705 g/mol. The van der Waals surface area contributed by atoms with Gasteiger partial charge in [-0.05, 0) is 48.5 Å². The molecule has 3 atom stereocenters. The van der Waals surface area contributed by atoms with E-state index in [1.54, 1.807) is 24.3 Å². The van der Waals surface area contributed by atoms with Gasteiger partial charge in [-0.3, -0.25) is 23.7 Å². The first-order valence-electron chi connectivity index (χ1n) is 13.7. The number of amides is 3. The van der Waals surface area contributed by atoms with E-state index in [1.807, 2.05) is 0 Å². The van der Waals surface area contributed by atoms with Crippen molar-refractivity contribution in [1.29, 1.82) is 0 Å². The Morgan fingerprint density at radius 3 is 2.36 bits per heavy atom. The van der Waals surface area contributed by atoms with Crippen LogP contribution < -0.4 is 25.0 Å². The predicted octanol–water partition coefficient (Wildman–Crippen LogP) is 4.02. The summed E-state index contributed by atoms with van der Waals surface area (Å²) in [4.78, 5) is 54.8. The number of hydrogen-bond acceptors (Lipinski definition) is 9. The van der Waals surface area contributed by atoms with Crippen molar-refractivity contribution in [2.45, 2.75) is 33.8 Å². The molecule has 47 heavy (non-hydrogen) atoms. The number of primary sulfonamides is 1. The maximum atomic E-state index is 14.0. The number of carbonyl (C=O) groups excluding carboxylic acids is 3. The molecule has 6 rings (SSSR count). The predicted molar refractivity (Wildman–Crippen MR) is 167 cm³/mol. The molecule has 3 aromatic carbocycles. The summed E-state index contributed by atoms with van der Waals surface area (Å²) in [6.07, 6.45) is -4.71. The molecule has 0 aliphatic carbocycles. The van der Waals surface area contributed by atoms with Crippen LogP contribution in [-0.2, 0) is 37.1 Å². The Bertz CT molecular complexity index is 2100. The Hall–Kier alpha value is -4.45. The fourth-order valence-electron chi connectivity index (χ4n) is 5.66. The summed E-state index contributed by atoms with van der Waals surface area (Å²) in [7, 11) is -2.54. The highest BCUT2D eigenvalue weighted by Gasteiger charge is 2.57. The van der Waals surface area contributed by atoms with Crippen LogP contribution in [0.15, 0.2) is 87.5 Å². The lowest BCUT2D eigenvalue weighted by atomic mass is 9.82. The van der Waals surface area contributed by atoms with E-state index < -0.39 is 68.0 Å². The number of alkyl halides is 3. The van der Waals surface area contributed by atoms with Crippen LogP contribution in [0, 0.1) is 5.92 Å². The van der Waals surface area contributed by atoms with E-state index >= 15 is 0 Å². The van der Waals surface area contributed by atoms with Crippen molar-refractivity contribution in [1.82, 2.24) is 4.57 Å². The Morgan fingerprint density at radius 1 is 1.00 bits per heavy atom.